The first-order chi connectivity index (χ1) is 10.0. The summed E-state index contributed by atoms with van der Waals surface area (Å²) in [5.74, 6) is 0.232. The van der Waals surface area contributed by atoms with E-state index in [1.807, 2.05) is 30.5 Å². The van der Waals surface area contributed by atoms with Gasteiger partial charge in [-0.05, 0) is 19.9 Å². The number of aryl methyl sites for hydroxylation is 2. The van der Waals surface area contributed by atoms with E-state index in [9.17, 15) is 4.79 Å². The fourth-order valence-electron chi connectivity index (χ4n) is 2.05. The van der Waals surface area contributed by atoms with E-state index in [-0.39, 0.29) is 11.5 Å². The maximum atomic E-state index is 10.8. The van der Waals surface area contributed by atoms with Crippen molar-refractivity contribution in [3.8, 4) is 5.75 Å². The van der Waals surface area contributed by atoms with Gasteiger partial charge in [0.15, 0.2) is 0 Å². The van der Waals surface area contributed by atoms with E-state index >= 15 is 0 Å². The average Bonchev–Trinajstić information content (AvgIpc) is 3.02. The molecule has 0 saturated heterocycles. The third kappa shape index (κ3) is 2.73. The van der Waals surface area contributed by atoms with Crippen LogP contribution in [-0.4, -0.2) is 25.4 Å². The van der Waals surface area contributed by atoms with Crippen molar-refractivity contribution in [1.82, 2.24) is 14.4 Å². The van der Waals surface area contributed by atoms with Crippen LogP contribution in [0, 0.1) is 13.8 Å². The van der Waals surface area contributed by atoms with Crippen molar-refractivity contribution in [1.29, 1.82) is 0 Å². The maximum absolute atomic E-state index is 10.8. The number of carboxylic acids is 1. The summed E-state index contributed by atoms with van der Waals surface area (Å²) < 4.78 is 7.47. The molecule has 7 heteroatoms. The number of thiophene rings is 1. The normalized spacial score (nSPS) is 11.0. The quantitative estimate of drug-likeness (QED) is 0.802. The van der Waals surface area contributed by atoms with Gasteiger partial charge in [-0.25, -0.2) is 14.8 Å². The number of fused-ring (bicyclic) bond motifs is 1. The van der Waals surface area contributed by atoms with Gasteiger partial charge >= 0.3 is 5.97 Å². The number of rotatable bonds is 4. The third-order valence-corrected chi connectivity index (χ3v) is 3.88. The average molecular weight is 303 g/mol. The summed E-state index contributed by atoms with van der Waals surface area (Å²) in [5, 5.41) is 10.5. The van der Waals surface area contributed by atoms with Gasteiger partial charge in [0.1, 0.15) is 17.2 Å². The molecule has 0 unspecified atom stereocenters. The third-order valence-electron chi connectivity index (χ3n) is 2.98. The molecule has 21 heavy (non-hydrogen) atoms. The Kier molecular flexibility index (Phi) is 3.34. The zero-order valence-corrected chi connectivity index (χ0v) is 12.3. The Balaban J connectivity index is 1.78. The monoisotopic (exact) mass is 303 g/mol. The summed E-state index contributed by atoms with van der Waals surface area (Å²) >= 11 is 1.14. The Labute approximate surface area is 124 Å². The van der Waals surface area contributed by atoms with Crippen LogP contribution in [0.2, 0.25) is 0 Å². The van der Waals surface area contributed by atoms with Gasteiger partial charge in [-0.1, -0.05) is 0 Å². The van der Waals surface area contributed by atoms with E-state index in [1.165, 1.54) is 6.07 Å². The van der Waals surface area contributed by atoms with E-state index in [1.54, 1.807) is 5.38 Å². The number of imidazole rings is 1. The molecule has 0 spiro atoms. The number of hydrogen-bond acceptors (Lipinski definition) is 5. The number of carboxylic acid groups (broad SMARTS) is 1. The predicted molar refractivity (Wildman–Crippen MR) is 78.1 cm³/mol. The van der Waals surface area contributed by atoms with Crippen molar-refractivity contribution in [2.24, 2.45) is 0 Å². The van der Waals surface area contributed by atoms with Gasteiger partial charge in [0, 0.05) is 29.0 Å². The Hall–Kier alpha value is -2.41. The van der Waals surface area contributed by atoms with Crippen LogP contribution in [0.25, 0.3) is 5.78 Å². The smallest absolute Gasteiger partial charge is 0.346 e. The Morgan fingerprint density at radius 3 is 2.90 bits per heavy atom. The lowest BCUT2D eigenvalue weighted by Crippen LogP contribution is -1.95. The summed E-state index contributed by atoms with van der Waals surface area (Å²) in [6.07, 6.45) is 1.88. The van der Waals surface area contributed by atoms with Crippen molar-refractivity contribution < 1.29 is 14.6 Å². The van der Waals surface area contributed by atoms with Crippen molar-refractivity contribution >= 4 is 23.1 Å². The van der Waals surface area contributed by atoms with Gasteiger partial charge in [-0.15, -0.1) is 11.3 Å². The lowest BCUT2D eigenvalue weighted by Gasteiger charge is -1.99. The minimum absolute atomic E-state index is 0.258. The highest BCUT2D eigenvalue weighted by atomic mass is 32.1. The lowest BCUT2D eigenvalue weighted by molar-refractivity contribution is 0.0702. The van der Waals surface area contributed by atoms with Crippen molar-refractivity contribution in [2.75, 3.05) is 0 Å². The predicted octanol–water partition coefficient (Wildman–Crippen LogP) is 2.68. The minimum Gasteiger partial charge on any atom is -0.486 e. The van der Waals surface area contributed by atoms with Crippen molar-refractivity contribution in [3.05, 3.63) is 45.7 Å². The fraction of sp³-hybridized carbons (Fsp3) is 0.214. The molecular weight excluding hydrogens is 290 g/mol. The number of nitrogens with zero attached hydrogens (tertiary/aromatic N) is 3. The molecule has 0 bridgehead atoms. The van der Waals surface area contributed by atoms with E-state index in [4.69, 9.17) is 9.84 Å². The van der Waals surface area contributed by atoms with Crippen LogP contribution in [0.4, 0.5) is 0 Å². The summed E-state index contributed by atoms with van der Waals surface area (Å²) in [5.41, 5.74) is 2.72. The standard InChI is InChI=1S/C14H13N3O3S/c1-8-3-9(2)17-5-10(16-14(17)15-8)6-20-11-4-12(13(18)19)21-7-11/h3-5,7H,6H2,1-2H3,(H,18,19). The highest BCUT2D eigenvalue weighted by Gasteiger charge is 2.09. The first-order valence-corrected chi connectivity index (χ1v) is 7.18. The highest BCUT2D eigenvalue weighted by molar-refractivity contribution is 7.12. The molecule has 108 valence electrons. The number of ether oxygens (including phenoxy) is 1. The van der Waals surface area contributed by atoms with Crippen LogP contribution >= 0.6 is 11.3 Å². The second kappa shape index (κ2) is 5.17. The summed E-state index contributed by atoms with van der Waals surface area (Å²) in [7, 11) is 0. The molecule has 0 saturated carbocycles. The first kappa shape index (κ1) is 13.6. The molecule has 0 fully saturated rings. The Morgan fingerprint density at radius 2 is 2.19 bits per heavy atom. The second-order valence-corrected chi connectivity index (χ2v) is 5.59. The van der Waals surface area contributed by atoms with Gasteiger partial charge in [-0.2, -0.15) is 0 Å². The summed E-state index contributed by atoms with van der Waals surface area (Å²) in [6, 6.07) is 3.49. The largest absolute Gasteiger partial charge is 0.486 e. The molecule has 6 nitrogen and oxygen atoms in total. The summed E-state index contributed by atoms with van der Waals surface area (Å²) in [4.78, 5) is 19.8. The first-order valence-electron chi connectivity index (χ1n) is 6.30. The molecule has 0 atom stereocenters. The fourth-order valence-corrected chi connectivity index (χ4v) is 2.72. The van der Waals surface area contributed by atoms with Gasteiger partial charge in [0.05, 0.1) is 5.69 Å². The molecule has 0 aliphatic carbocycles. The molecule has 0 radical (unpaired) electrons. The van der Waals surface area contributed by atoms with Crippen LogP contribution in [0.15, 0.2) is 23.7 Å². The molecule has 0 amide bonds. The lowest BCUT2D eigenvalue weighted by atomic mass is 10.3. The van der Waals surface area contributed by atoms with Gasteiger partial charge < -0.3 is 9.84 Å². The summed E-state index contributed by atoms with van der Waals surface area (Å²) in [6.45, 7) is 4.19. The molecule has 3 rings (SSSR count). The van der Waals surface area contributed by atoms with Crippen molar-refractivity contribution in [2.45, 2.75) is 20.5 Å². The molecule has 3 heterocycles. The molecular formula is C14H13N3O3S. The Bertz CT molecular complexity index is 822. The molecule has 3 aromatic rings. The van der Waals surface area contributed by atoms with Gasteiger partial charge in [-0.3, -0.25) is 4.40 Å². The SMILES string of the molecule is Cc1cc(C)n2cc(COc3csc(C(=O)O)c3)nc2n1. The molecule has 1 N–H and O–H groups in total. The van der Waals surface area contributed by atoms with E-state index < -0.39 is 5.97 Å². The maximum Gasteiger partial charge on any atom is 0.346 e. The number of aromatic carboxylic acids is 1. The highest BCUT2D eigenvalue weighted by Crippen LogP contribution is 2.22. The van der Waals surface area contributed by atoms with Gasteiger partial charge in [0.2, 0.25) is 5.78 Å². The number of aromatic nitrogens is 3. The zero-order valence-electron chi connectivity index (χ0n) is 11.5. The minimum atomic E-state index is -0.946. The molecule has 0 aromatic carbocycles. The molecule has 0 aliphatic heterocycles. The van der Waals surface area contributed by atoms with Gasteiger partial charge in [0.25, 0.3) is 0 Å². The second-order valence-electron chi connectivity index (χ2n) is 4.68. The molecule has 0 aliphatic rings. The Morgan fingerprint density at radius 1 is 1.38 bits per heavy atom. The van der Waals surface area contributed by atoms with Crippen LogP contribution in [0.5, 0.6) is 5.75 Å². The van der Waals surface area contributed by atoms with Crippen LogP contribution in [0.1, 0.15) is 26.8 Å². The van der Waals surface area contributed by atoms with Crippen LogP contribution in [0.3, 0.4) is 0 Å². The van der Waals surface area contributed by atoms with Crippen LogP contribution < -0.4 is 4.74 Å². The number of carbonyl (C=O) groups is 1. The number of hydrogen-bond donors (Lipinski definition) is 1. The topological polar surface area (TPSA) is 76.7 Å². The van der Waals surface area contributed by atoms with E-state index in [0.29, 0.717) is 11.5 Å². The molecule has 3 aromatic heterocycles. The van der Waals surface area contributed by atoms with Crippen molar-refractivity contribution in [3.63, 3.8) is 0 Å². The zero-order chi connectivity index (χ0) is 15.0. The van der Waals surface area contributed by atoms with E-state index in [2.05, 4.69) is 9.97 Å². The van der Waals surface area contributed by atoms with E-state index in [0.717, 1.165) is 28.4 Å². The van der Waals surface area contributed by atoms with Crippen LogP contribution in [-0.2, 0) is 6.61 Å².